The van der Waals surface area contributed by atoms with Crippen LogP contribution < -0.4 is 15.5 Å². The number of carbonyl (C=O) groups excluding carboxylic acids is 3. The maximum Gasteiger partial charge on any atom is 0.343 e. The van der Waals surface area contributed by atoms with Crippen LogP contribution in [0.15, 0.2) is 53.6 Å². The van der Waals surface area contributed by atoms with E-state index in [1.54, 1.807) is 30.3 Å². The van der Waals surface area contributed by atoms with E-state index in [1.165, 1.54) is 31.5 Å². The molecular formula is C20H20FN3O5. The smallest absolute Gasteiger partial charge is 0.343 e. The van der Waals surface area contributed by atoms with Gasteiger partial charge in [0.05, 0.1) is 19.0 Å². The van der Waals surface area contributed by atoms with E-state index in [0.29, 0.717) is 11.3 Å². The molecule has 2 rings (SSSR count). The van der Waals surface area contributed by atoms with E-state index >= 15 is 0 Å². The normalized spacial score (nSPS) is 10.4. The zero-order valence-electron chi connectivity index (χ0n) is 15.7. The molecule has 0 aliphatic rings. The molecule has 0 aliphatic carbocycles. The second kappa shape index (κ2) is 11.2. The fraction of sp³-hybridized carbons (Fsp3) is 0.200. The molecule has 0 heterocycles. The van der Waals surface area contributed by atoms with Crippen molar-refractivity contribution in [2.45, 2.75) is 12.8 Å². The molecule has 0 bridgehead atoms. The van der Waals surface area contributed by atoms with Crippen molar-refractivity contribution in [3.05, 3.63) is 59.9 Å². The first-order chi connectivity index (χ1) is 14.0. The van der Waals surface area contributed by atoms with E-state index in [4.69, 9.17) is 4.74 Å². The standard InChI is InChI=1S/C20H20FN3O5/c1-28-20(27)13-29-15-6-4-5-14(11-15)12-22-24-19(26)10-9-18(25)23-17-8-3-2-7-16(17)21/h2-8,11-12H,9-10,13H2,1H3,(H,23,25)(H,24,26). The van der Waals surface area contributed by atoms with Crippen LogP contribution in [0.2, 0.25) is 0 Å². The van der Waals surface area contributed by atoms with Gasteiger partial charge in [-0.3, -0.25) is 9.59 Å². The lowest BCUT2D eigenvalue weighted by Gasteiger charge is -2.06. The lowest BCUT2D eigenvalue weighted by molar-refractivity contribution is -0.142. The lowest BCUT2D eigenvalue weighted by Crippen LogP contribution is -2.21. The lowest BCUT2D eigenvalue weighted by atomic mass is 10.2. The minimum absolute atomic E-state index is 0.0604. The zero-order valence-corrected chi connectivity index (χ0v) is 15.7. The van der Waals surface area contributed by atoms with Gasteiger partial charge in [0.25, 0.3) is 0 Å². The average molecular weight is 401 g/mol. The molecular weight excluding hydrogens is 381 g/mol. The molecule has 0 spiro atoms. The molecule has 2 amide bonds. The Kier molecular flexibility index (Phi) is 8.30. The maximum absolute atomic E-state index is 13.5. The summed E-state index contributed by atoms with van der Waals surface area (Å²) in [5, 5.41) is 6.21. The van der Waals surface area contributed by atoms with Gasteiger partial charge in [-0.1, -0.05) is 24.3 Å². The number of carbonyl (C=O) groups is 3. The molecule has 0 aliphatic heterocycles. The van der Waals surface area contributed by atoms with E-state index in [0.717, 1.165) is 0 Å². The van der Waals surface area contributed by atoms with E-state index in [2.05, 4.69) is 20.6 Å². The van der Waals surface area contributed by atoms with Gasteiger partial charge in [-0.15, -0.1) is 0 Å². The third kappa shape index (κ3) is 7.79. The number of hydrazone groups is 1. The molecule has 2 N–H and O–H groups in total. The predicted molar refractivity (Wildman–Crippen MR) is 104 cm³/mol. The van der Waals surface area contributed by atoms with Crippen LogP contribution in [0.4, 0.5) is 10.1 Å². The Hall–Kier alpha value is -3.75. The molecule has 2 aromatic carbocycles. The molecule has 0 saturated carbocycles. The average Bonchev–Trinajstić information content (AvgIpc) is 2.72. The van der Waals surface area contributed by atoms with Crippen LogP contribution in [-0.2, 0) is 19.1 Å². The van der Waals surface area contributed by atoms with E-state index in [9.17, 15) is 18.8 Å². The first-order valence-electron chi connectivity index (χ1n) is 8.64. The molecule has 0 atom stereocenters. The topological polar surface area (TPSA) is 106 Å². The van der Waals surface area contributed by atoms with Crippen LogP contribution in [0.25, 0.3) is 0 Å². The highest BCUT2D eigenvalue weighted by Gasteiger charge is 2.09. The third-order valence-corrected chi connectivity index (χ3v) is 3.57. The highest BCUT2D eigenvalue weighted by atomic mass is 19.1. The number of halogens is 1. The molecule has 29 heavy (non-hydrogen) atoms. The Morgan fingerprint density at radius 3 is 2.59 bits per heavy atom. The Balaban J connectivity index is 1.75. The quantitative estimate of drug-likeness (QED) is 0.381. The van der Waals surface area contributed by atoms with Crippen LogP contribution in [0.5, 0.6) is 5.75 Å². The Morgan fingerprint density at radius 1 is 1.07 bits per heavy atom. The monoisotopic (exact) mass is 401 g/mol. The maximum atomic E-state index is 13.5. The van der Waals surface area contributed by atoms with Gasteiger partial charge in [0.1, 0.15) is 11.6 Å². The molecule has 0 unspecified atom stereocenters. The van der Waals surface area contributed by atoms with Crippen LogP contribution in [0, 0.1) is 5.82 Å². The van der Waals surface area contributed by atoms with E-state index in [1.807, 2.05) is 0 Å². The Bertz CT molecular complexity index is 901. The van der Waals surface area contributed by atoms with Crippen molar-refractivity contribution in [3.8, 4) is 5.75 Å². The van der Waals surface area contributed by atoms with Gasteiger partial charge >= 0.3 is 5.97 Å². The summed E-state index contributed by atoms with van der Waals surface area (Å²) in [4.78, 5) is 34.6. The number of benzene rings is 2. The summed E-state index contributed by atoms with van der Waals surface area (Å²) < 4.78 is 23.2. The van der Waals surface area contributed by atoms with Gasteiger partial charge in [0, 0.05) is 12.8 Å². The number of esters is 1. The van der Waals surface area contributed by atoms with Crippen molar-refractivity contribution in [1.29, 1.82) is 0 Å². The van der Waals surface area contributed by atoms with Crippen LogP contribution in [-0.4, -0.2) is 37.7 Å². The number of nitrogens with zero attached hydrogens (tertiary/aromatic N) is 1. The fourth-order valence-electron chi connectivity index (χ4n) is 2.12. The molecule has 9 heteroatoms. The summed E-state index contributed by atoms with van der Waals surface area (Å²) in [6.45, 7) is -0.219. The number of hydrogen-bond acceptors (Lipinski definition) is 6. The Labute approximate surface area is 166 Å². The second-order valence-electron chi connectivity index (χ2n) is 5.76. The number of hydrogen-bond donors (Lipinski definition) is 2. The number of nitrogens with one attached hydrogen (secondary N) is 2. The van der Waals surface area contributed by atoms with Gasteiger partial charge in [0.2, 0.25) is 11.8 Å². The molecule has 152 valence electrons. The molecule has 2 aromatic rings. The summed E-state index contributed by atoms with van der Waals surface area (Å²) in [6, 6.07) is 12.5. The van der Waals surface area contributed by atoms with Crippen molar-refractivity contribution in [1.82, 2.24) is 5.43 Å². The molecule has 8 nitrogen and oxygen atoms in total. The number of amides is 2. The zero-order chi connectivity index (χ0) is 21.1. The summed E-state index contributed by atoms with van der Waals surface area (Å²) in [5.74, 6) is -1.56. The SMILES string of the molecule is COC(=O)COc1cccc(C=NNC(=O)CCC(=O)Nc2ccccc2F)c1. The predicted octanol–water partition coefficient (Wildman–Crippen LogP) is 2.25. The van der Waals surface area contributed by atoms with Crippen molar-refractivity contribution in [2.24, 2.45) is 5.10 Å². The summed E-state index contributed by atoms with van der Waals surface area (Å²) in [5.41, 5.74) is 2.99. The minimum atomic E-state index is -0.548. The minimum Gasteiger partial charge on any atom is -0.482 e. The summed E-state index contributed by atoms with van der Waals surface area (Å²) >= 11 is 0. The van der Waals surface area contributed by atoms with Crippen molar-refractivity contribution in [3.63, 3.8) is 0 Å². The number of ether oxygens (including phenoxy) is 2. The van der Waals surface area contributed by atoms with Gasteiger partial charge in [-0.25, -0.2) is 14.6 Å². The Morgan fingerprint density at radius 2 is 1.83 bits per heavy atom. The summed E-state index contributed by atoms with van der Waals surface area (Å²) in [7, 11) is 1.26. The molecule has 0 saturated heterocycles. The summed E-state index contributed by atoms with van der Waals surface area (Å²) in [6.07, 6.45) is 1.16. The first-order valence-corrected chi connectivity index (χ1v) is 8.64. The highest BCUT2D eigenvalue weighted by molar-refractivity contribution is 5.93. The van der Waals surface area contributed by atoms with Crippen molar-refractivity contribution in [2.75, 3.05) is 19.0 Å². The molecule has 0 fully saturated rings. The van der Waals surface area contributed by atoms with Crippen LogP contribution >= 0.6 is 0 Å². The second-order valence-corrected chi connectivity index (χ2v) is 5.76. The van der Waals surface area contributed by atoms with Crippen molar-refractivity contribution >= 4 is 29.7 Å². The largest absolute Gasteiger partial charge is 0.482 e. The van der Waals surface area contributed by atoms with Crippen LogP contribution in [0.1, 0.15) is 18.4 Å². The van der Waals surface area contributed by atoms with Crippen LogP contribution in [0.3, 0.4) is 0 Å². The molecule has 0 radical (unpaired) electrons. The van der Waals surface area contributed by atoms with Crippen molar-refractivity contribution < 1.29 is 28.2 Å². The fourth-order valence-corrected chi connectivity index (χ4v) is 2.12. The number of methoxy groups -OCH3 is 1. The highest BCUT2D eigenvalue weighted by Crippen LogP contribution is 2.13. The number of anilines is 1. The molecule has 0 aromatic heterocycles. The first kappa shape index (κ1) is 21.5. The van der Waals surface area contributed by atoms with Gasteiger partial charge < -0.3 is 14.8 Å². The van der Waals surface area contributed by atoms with E-state index in [-0.39, 0.29) is 25.1 Å². The van der Waals surface area contributed by atoms with Gasteiger partial charge in [-0.2, -0.15) is 5.10 Å². The van der Waals surface area contributed by atoms with E-state index < -0.39 is 23.6 Å². The van der Waals surface area contributed by atoms with Gasteiger partial charge in [0.15, 0.2) is 6.61 Å². The third-order valence-electron chi connectivity index (χ3n) is 3.57. The number of rotatable bonds is 9. The number of para-hydroxylation sites is 1. The van der Waals surface area contributed by atoms with Gasteiger partial charge in [-0.05, 0) is 29.8 Å².